The van der Waals surface area contributed by atoms with Gasteiger partial charge in [0.15, 0.2) is 0 Å². The molecule has 20 heavy (non-hydrogen) atoms. The molecule has 1 saturated heterocycles. The van der Waals surface area contributed by atoms with Crippen LogP contribution in [0.5, 0.6) is 0 Å². The molecule has 1 N–H and O–H groups in total. The number of carboxylic acid groups (broad SMARTS) is 1. The molecule has 0 radical (unpaired) electrons. The first kappa shape index (κ1) is 14.5. The standard InChI is InChI=1S/C15H19NO4/c1-11-10-20-9-8-16(11)14(17)7-4-12-2-5-13(6-3-12)15(18)19/h2-3,5-6,11H,4,7-10H2,1H3,(H,18,19). The fourth-order valence-electron chi connectivity index (χ4n) is 2.31. The number of ether oxygens (including phenoxy) is 1. The highest BCUT2D eigenvalue weighted by atomic mass is 16.5. The largest absolute Gasteiger partial charge is 0.478 e. The minimum atomic E-state index is -0.935. The predicted molar refractivity (Wildman–Crippen MR) is 73.7 cm³/mol. The summed E-state index contributed by atoms with van der Waals surface area (Å²) in [6.45, 7) is 3.83. The topological polar surface area (TPSA) is 66.8 Å². The van der Waals surface area contributed by atoms with Crippen LogP contribution in [0.1, 0.15) is 29.3 Å². The minimum Gasteiger partial charge on any atom is -0.478 e. The molecule has 1 heterocycles. The van der Waals surface area contributed by atoms with Crippen LogP contribution in [0.25, 0.3) is 0 Å². The number of morpholine rings is 1. The average molecular weight is 277 g/mol. The van der Waals surface area contributed by atoms with Crippen LogP contribution in [0.2, 0.25) is 0 Å². The van der Waals surface area contributed by atoms with Gasteiger partial charge in [-0.15, -0.1) is 0 Å². The van der Waals surface area contributed by atoms with E-state index in [0.29, 0.717) is 32.6 Å². The normalized spacial score (nSPS) is 18.9. The molecule has 1 atom stereocenters. The smallest absolute Gasteiger partial charge is 0.335 e. The molecule has 1 aliphatic rings. The fraction of sp³-hybridized carbons (Fsp3) is 0.467. The third-order valence-corrected chi connectivity index (χ3v) is 3.52. The van der Waals surface area contributed by atoms with Crippen molar-refractivity contribution in [2.75, 3.05) is 19.8 Å². The molecule has 1 aromatic rings. The first-order valence-corrected chi connectivity index (χ1v) is 6.77. The van der Waals surface area contributed by atoms with Gasteiger partial charge in [-0.25, -0.2) is 4.79 Å². The van der Waals surface area contributed by atoms with Crippen molar-refractivity contribution in [2.24, 2.45) is 0 Å². The van der Waals surface area contributed by atoms with Crippen molar-refractivity contribution in [3.05, 3.63) is 35.4 Å². The Morgan fingerprint density at radius 3 is 2.65 bits per heavy atom. The van der Waals surface area contributed by atoms with Gasteiger partial charge in [-0.3, -0.25) is 4.79 Å². The molecule has 2 rings (SSSR count). The van der Waals surface area contributed by atoms with Crippen molar-refractivity contribution in [1.29, 1.82) is 0 Å². The van der Waals surface area contributed by atoms with E-state index in [-0.39, 0.29) is 17.5 Å². The van der Waals surface area contributed by atoms with Crippen molar-refractivity contribution in [3.8, 4) is 0 Å². The summed E-state index contributed by atoms with van der Waals surface area (Å²) in [6.07, 6.45) is 1.07. The number of carboxylic acids is 1. The van der Waals surface area contributed by atoms with E-state index in [4.69, 9.17) is 9.84 Å². The number of carbonyl (C=O) groups excluding carboxylic acids is 1. The molecule has 1 fully saturated rings. The van der Waals surface area contributed by atoms with Crippen LogP contribution >= 0.6 is 0 Å². The van der Waals surface area contributed by atoms with Gasteiger partial charge < -0.3 is 14.7 Å². The number of amides is 1. The first-order valence-electron chi connectivity index (χ1n) is 6.77. The molecule has 5 heteroatoms. The highest BCUT2D eigenvalue weighted by molar-refractivity contribution is 5.87. The Bertz CT molecular complexity index is 483. The maximum atomic E-state index is 12.1. The molecule has 0 spiro atoms. The molecular formula is C15H19NO4. The van der Waals surface area contributed by atoms with Gasteiger partial charge in [-0.05, 0) is 31.0 Å². The molecule has 1 aromatic carbocycles. The second-order valence-electron chi connectivity index (χ2n) is 5.01. The van der Waals surface area contributed by atoms with E-state index in [1.54, 1.807) is 24.3 Å². The third kappa shape index (κ3) is 3.57. The molecule has 0 aliphatic carbocycles. The summed E-state index contributed by atoms with van der Waals surface area (Å²) in [6, 6.07) is 6.79. The number of nitrogens with zero attached hydrogens (tertiary/aromatic N) is 1. The van der Waals surface area contributed by atoms with Crippen molar-refractivity contribution >= 4 is 11.9 Å². The fourth-order valence-corrected chi connectivity index (χ4v) is 2.31. The van der Waals surface area contributed by atoms with Crippen molar-refractivity contribution in [2.45, 2.75) is 25.8 Å². The molecule has 1 amide bonds. The van der Waals surface area contributed by atoms with E-state index in [1.807, 2.05) is 11.8 Å². The van der Waals surface area contributed by atoms with Gasteiger partial charge in [0.25, 0.3) is 0 Å². The molecule has 1 aliphatic heterocycles. The number of benzene rings is 1. The summed E-state index contributed by atoms with van der Waals surface area (Å²) in [7, 11) is 0. The Morgan fingerprint density at radius 1 is 1.35 bits per heavy atom. The number of aromatic carboxylic acids is 1. The SMILES string of the molecule is CC1COCCN1C(=O)CCc1ccc(C(=O)O)cc1. The van der Waals surface area contributed by atoms with E-state index in [2.05, 4.69) is 0 Å². The van der Waals surface area contributed by atoms with Crippen LogP contribution in [0.3, 0.4) is 0 Å². The summed E-state index contributed by atoms with van der Waals surface area (Å²) in [5, 5.41) is 8.82. The van der Waals surface area contributed by atoms with Crippen LogP contribution in [0.15, 0.2) is 24.3 Å². The second kappa shape index (κ2) is 6.52. The lowest BCUT2D eigenvalue weighted by Crippen LogP contribution is -2.47. The zero-order valence-electron chi connectivity index (χ0n) is 11.5. The van der Waals surface area contributed by atoms with Crippen molar-refractivity contribution in [1.82, 2.24) is 4.90 Å². The van der Waals surface area contributed by atoms with Gasteiger partial charge in [0.05, 0.1) is 24.8 Å². The molecular weight excluding hydrogens is 258 g/mol. The lowest BCUT2D eigenvalue weighted by molar-refractivity contribution is -0.139. The molecule has 108 valence electrons. The number of rotatable bonds is 4. The van der Waals surface area contributed by atoms with Gasteiger partial charge >= 0.3 is 5.97 Å². The Labute approximate surface area is 118 Å². The van der Waals surface area contributed by atoms with E-state index < -0.39 is 5.97 Å². The van der Waals surface area contributed by atoms with E-state index in [9.17, 15) is 9.59 Å². The average Bonchev–Trinajstić information content (AvgIpc) is 2.45. The van der Waals surface area contributed by atoms with Gasteiger partial charge in [-0.2, -0.15) is 0 Å². The third-order valence-electron chi connectivity index (χ3n) is 3.52. The Balaban J connectivity index is 1.88. The zero-order chi connectivity index (χ0) is 14.5. The Hall–Kier alpha value is -1.88. The van der Waals surface area contributed by atoms with Crippen LogP contribution in [0, 0.1) is 0 Å². The summed E-state index contributed by atoms with van der Waals surface area (Å²) in [4.78, 5) is 24.7. The van der Waals surface area contributed by atoms with Crippen LogP contribution in [0.4, 0.5) is 0 Å². The van der Waals surface area contributed by atoms with Crippen LogP contribution in [-0.2, 0) is 16.0 Å². The minimum absolute atomic E-state index is 0.128. The maximum Gasteiger partial charge on any atom is 0.335 e. The van der Waals surface area contributed by atoms with E-state index in [0.717, 1.165) is 5.56 Å². The number of hydrogen-bond donors (Lipinski definition) is 1. The van der Waals surface area contributed by atoms with E-state index >= 15 is 0 Å². The molecule has 0 bridgehead atoms. The highest BCUT2D eigenvalue weighted by Crippen LogP contribution is 2.11. The number of hydrogen-bond acceptors (Lipinski definition) is 3. The monoisotopic (exact) mass is 277 g/mol. The lowest BCUT2D eigenvalue weighted by Gasteiger charge is -2.33. The van der Waals surface area contributed by atoms with Crippen LogP contribution < -0.4 is 0 Å². The van der Waals surface area contributed by atoms with E-state index in [1.165, 1.54) is 0 Å². The maximum absolute atomic E-state index is 12.1. The lowest BCUT2D eigenvalue weighted by atomic mass is 10.1. The van der Waals surface area contributed by atoms with Gasteiger partial charge in [0.2, 0.25) is 5.91 Å². The quantitative estimate of drug-likeness (QED) is 0.907. The molecule has 5 nitrogen and oxygen atoms in total. The number of aryl methyl sites for hydroxylation is 1. The summed E-state index contributed by atoms with van der Waals surface area (Å²) in [5.74, 6) is -0.808. The van der Waals surface area contributed by atoms with Crippen molar-refractivity contribution in [3.63, 3.8) is 0 Å². The summed E-state index contributed by atoms with van der Waals surface area (Å²) >= 11 is 0. The number of carbonyl (C=O) groups is 2. The molecule has 0 aromatic heterocycles. The van der Waals surface area contributed by atoms with Gasteiger partial charge in [0, 0.05) is 13.0 Å². The first-order chi connectivity index (χ1) is 9.58. The highest BCUT2D eigenvalue weighted by Gasteiger charge is 2.23. The van der Waals surface area contributed by atoms with Gasteiger partial charge in [-0.1, -0.05) is 12.1 Å². The second-order valence-corrected chi connectivity index (χ2v) is 5.01. The zero-order valence-corrected chi connectivity index (χ0v) is 11.5. The van der Waals surface area contributed by atoms with Gasteiger partial charge in [0.1, 0.15) is 0 Å². The Kier molecular flexibility index (Phi) is 4.74. The Morgan fingerprint density at radius 2 is 2.05 bits per heavy atom. The molecule has 0 saturated carbocycles. The van der Waals surface area contributed by atoms with Crippen molar-refractivity contribution < 1.29 is 19.4 Å². The summed E-state index contributed by atoms with van der Waals surface area (Å²) < 4.78 is 5.31. The predicted octanol–water partition coefficient (Wildman–Crippen LogP) is 1.56. The summed E-state index contributed by atoms with van der Waals surface area (Å²) in [5.41, 5.74) is 1.24. The van der Waals surface area contributed by atoms with Crippen LogP contribution in [-0.4, -0.2) is 47.7 Å². The molecule has 1 unspecified atom stereocenters.